The van der Waals surface area contributed by atoms with Gasteiger partial charge >= 0.3 is 5.69 Å². The van der Waals surface area contributed by atoms with Crippen molar-refractivity contribution in [2.45, 2.75) is 58.5 Å². The molecular weight excluding hydrogens is 538 g/mol. The lowest BCUT2D eigenvalue weighted by atomic mass is 9.98. The van der Waals surface area contributed by atoms with E-state index in [0.717, 1.165) is 0 Å². The largest absolute Gasteiger partial charge is 0.354 e. The van der Waals surface area contributed by atoms with Crippen molar-refractivity contribution < 1.29 is 19.2 Å². The predicted molar refractivity (Wildman–Crippen MR) is 158 cm³/mol. The number of hydrogen-bond acceptors (Lipinski definition) is 6. The normalized spacial score (nSPS) is 19.0. The van der Waals surface area contributed by atoms with Crippen LogP contribution in [0.5, 0.6) is 0 Å². The Labute approximate surface area is 244 Å². The van der Waals surface area contributed by atoms with E-state index in [1.165, 1.54) is 0 Å². The number of carbonyl (C=O) groups excluding carboxylic acids is 4. The molecule has 224 valence electrons. The number of nitrogens with zero attached hydrogens (tertiary/aromatic N) is 3. The minimum atomic E-state index is -0.696. The number of amides is 4. The zero-order valence-corrected chi connectivity index (χ0v) is 24.2. The number of aromatic amines is 1. The van der Waals surface area contributed by atoms with E-state index in [1.54, 1.807) is 52.1 Å². The number of fused-ring (bicyclic) bond motifs is 1. The van der Waals surface area contributed by atoms with E-state index in [1.807, 2.05) is 13.8 Å². The van der Waals surface area contributed by atoms with E-state index < -0.39 is 6.04 Å². The van der Waals surface area contributed by atoms with Gasteiger partial charge in [-0.05, 0) is 55.5 Å². The number of nitrogens with one attached hydrogen (secondary N) is 4. The highest BCUT2D eigenvalue weighted by Gasteiger charge is 2.26. The number of hydrogen-bond donors (Lipinski definition) is 4. The smallest absolute Gasteiger partial charge is 0.326 e. The molecule has 3 heterocycles. The summed E-state index contributed by atoms with van der Waals surface area (Å²) >= 11 is 0. The van der Waals surface area contributed by atoms with Crippen molar-refractivity contribution in [3.63, 3.8) is 0 Å². The quantitative estimate of drug-likeness (QED) is 0.372. The van der Waals surface area contributed by atoms with Gasteiger partial charge in [0.1, 0.15) is 11.7 Å². The molecule has 0 spiro atoms. The molecule has 0 saturated carbocycles. The summed E-state index contributed by atoms with van der Waals surface area (Å²) in [7, 11) is 0. The van der Waals surface area contributed by atoms with E-state index in [4.69, 9.17) is 0 Å². The van der Waals surface area contributed by atoms with Crippen molar-refractivity contribution in [2.75, 3.05) is 26.2 Å². The van der Waals surface area contributed by atoms with Crippen molar-refractivity contribution in [2.24, 2.45) is 5.92 Å². The topological polar surface area (TPSA) is 158 Å². The maximum atomic E-state index is 13.2. The van der Waals surface area contributed by atoms with Crippen molar-refractivity contribution in [1.82, 2.24) is 35.4 Å². The fourth-order valence-electron chi connectivity index (χ4n) is 4.99. The van der Waals surface area contributed by atoms with E-state index in [0.29, 0.717) is 80.7 Å². The highest BCUT2D eigenvalue weighted by Crippen LogP contribution is 2.14. The van der Waals surface area contributed by atoms with Gasteiger partial charge in [-0.1, -0.05) is 26.3 Å². The molecule has 3 aromatic rings. The molecule has 0 radical (unpaired) electrons. The molecule has 2 atom stereocenters. The summed E-state index contributed by atoms with van der Waals surface area (Å²) in [6.07, 6.45) is 3.77. The van der Waals surface area contributed by atoms with Crippen LogP contribution in [0.4, 0.5) is 0 Å². The zero-order valence-electron chi connectivity index (χ0n) is 24.2. The molecule has 4 rings (SSSR count). The second-order valence-corrected chi connectivity index (χ2v) is 10.6. The third kappa shape index (κ3) is 7.62. The lowest BCUT2D eigenvalue weighted by Crippen LogP contribution is -2.50. The van der Waals surface area contributed by atoms with Crippen molar-refractivity contribution >= 4 is 34.7 Å². The van der Waals surface area contributed by atoms with Crippen LogP contribution in [0.15, 0.2) is 47.4 Å². The number of rotatable bonds is 3. The monoisotopic (exact) mass is 577 g/mol. The second-order valence-electron chi connectivity index (χ2n) is 10.6. The third-order valence-electron chi connectivity index (χ3n) is 7.60. The van der Waals surface area contributed by atoms with E-state index in [9.17, 15) is 24.0 Å². The standard InChI is InChI=1S/C30H39N7O5/c1-3-20(2)26-28(40)33-15-8-18-37-24-19-21(11-12-22(24)34-30(37)42)27(39)32-14-7-17-36(16-6-10-25(38)35-26)29(41)23-9-4-5-13-31-23/h4-5,9,11-13,19-20,26H,3,6-8,10,14-18H2,1-2H3,(H,32,39)(H,33,40)(H,34,42)(H,35,38)/t20-,26-/m0/s1. The molecule has 2 bridgehead atoms. The van der Waals surface area contributed by atoms with Crippen molar-refractivity contribution in [3.05, 3.63) is 64.3 Å². The molecule has 0 fully saturated rings. The number of aryl methyl sites for hydroxylation is 1. The average Bonchev–Trinajstić information content (AvgIpc) is 3.32. The van der Waals surface area contributed by atoms with Gasteiger partial charge in [0, 0.05) is 50.9 Å². The number of benzene rings is 1. The summed E-state index contributed by atoms with van der Waals surface area (Å²) in [5, 5.41) is 8.67. The van der Waals surface area contributed by atoms with Gasteiger partial charge in [0.2, 0.25) is 11.8 Å². The van der Waals surface area contributed by atoms with Gasteiger partial charge in [-0.2, -0.15) is 0 Å². The van der Waals surface area contributed by atoms with Crippen molar-refractivity contribution in [3.8, 4) is 0 Å². The Morgan fingerprint density at radius 2 is 1.76 bits per heavy atom. The SMILES string of the molecule is CC[C@H](C)[C@@H]1NC(=O)CCCN(C(=O)c2ccccn2)CCCNC(=O)c2ccc3[nH]c(=O)n(c3c2)CCCNC1=O. The summed E-state index contributed by atoms with van der Waals surface area (Å²) < 4.78 is 1.55. The number of carbonyl (C=O) groups is 4. The molecule has 2 aromatic heterocycles. The Kier molecular flexibility index (Phi) is 10.5. The first kappa shape index (κ1) is 30.5. The summed E-state index contributed by atoms with van der Waals surface area (Å²) in [5.41, 5.74) is 1.63. The van der Waals surface area contributed by atoms with Gasteiger partial charge in [-0.3, -0.25) is 28.7 Å². The Morgan fingerprint density at radius 1 is 1.00 bits per heavy atom. The van der Waals surface area contributed by atoms with Gasteiger partial charge in [-0.25, -0.2) is 4.79 Å². The van der Waals surface area contributed by atoms with Crippen LogP contribution >= 0.6 is 0 Å². The van der Waals surface area contributed by atoms with E-state index in [2.05, 4.69) is 25.9 Å². The molecule has 1 aliphatic heterocycles. The minimum absolute atomic E-state index is 0.0857. The number of pyridine rings is 1. The summed E-state index contributed by atoms with van der Waals surface area (Å²) in [6.45, 7) is 5.52. The fraction of sp³-hybridized carbons (Fsp3) is 0.467. The first-order valence-corrected chi connectivity index (χ1v) is 14.6. The predicted octanol–water partition coefficient (Wildman–Crippen LogP) is 1.82. The first-order chi connectivity index (χ1) is 20.3. The van der Waals surface area contributed by atoms with Gasteiger partial charge in [0.25, 0.3) is 11.8 Å². The van der Waals surface area contributed by atoms with Crippen molar-refractivity contribution in [1.29, 1.82) is 0 Å². The Hall–Kier alpha value is -4.48. The van der Waals surface area contributed by atoms with Crippen LogP contribution in [-0.4, -0.2) is 75.3 Å². The molecule has 42 heavy (non-hydrogen) atoms. The molecule has 1 aliphatic rings. The average molecular weight is 578 g/mol. The van der Waals surface area contributed by atoms with E-state index in [-0.39, 0.29) is 41.7 Å². The number of H-pyrrole nitrogens is 1. The number of imidazole rings is 1. The molecule has 0 unspecified atom stereocenters. The lowest BCUT2D eigenvalue weighted by molar-refractivity contribution is -0.130. The lowest BCUT2D eigenvalue weighted by Gasteiger charge is -2.25. The van der Waals surface area contributed by atoms with Gasteiger partial charge in [0.05, 0.1) is 11.0 Å². The molecule has 0 saturated heterocycles. The van der Waals surface area contributed by atoms with Crippen LogP contribution in [0, 0.1) is 5.92 Å². The van der Waals surface area contributed by atoms with Crippen LogP contribution < -0.4 is 21.6 Å². The molecule has 1 aromatic carbocycles. The fourth-order valence-corrected chi connectivity index (χ4v) is 4.99. The van der Waals surface area contributed by atoms with Gasteiger partial charge in [0.15, 0.2) is 0 Å². The molecule has 12 heteroatoms. The highest BCUT2D eigenvalue weighted by molar-refractivity contribution is 5.97. The van der Waals surface area contributed by atoms with Crippen LogP contribution in [-0.2, 0) is 16.1 Å². The van der Waals surface area contributed by atoms with Crippen LogP contribution in [0.2, 0.25) is 0 Å². The molecule has 12 nitrogen and oxygen atoms in total. The Bertz CT molecular complexity index is 1470. The van der Waals surface area contributed by atoms with Crippen LogP contribution in [0.25, 0.3) is 11.0 Å². The van der Waals surface area contributed by atoms with E-state index >= 15 is 0 Å². The molecular formula is C30H39N7O5. The Balaban J connectivity index is 1.55. The first-order valence-electron chi connectivity index (χ1n) is 14.6. The highest BCUT2D eigenvalue weighted by atomic mass is 16.2. The minimum Gasteiger partial charge on any atom is -0.354 e. The summed E-state index contributed by atoms with van der Waals surface area (Å²) in [4.78, 5) is 73.2. The Morgan fingerprint density at radius 3 is 2.52 bits per heavy atom. The summed E-state index contributed by atoms with van der Waals surface area (Å²) in [5.74, 6) is -1.17. The maximum Gasteiger partial charge on any atom is 0.326 e. The summed E-state index contributed by atoms with van der Waals surface area (Å²) in [6, 6.07) is 9.45. The van der Waals surface area contributed by atoms with Crippen LogP contribution in [0.3, 0.4) is 0 Å². The zero-order chi connectivity index (χ0) is 30.1. The second kappa shape index (κ2) is 14.4. The van der Waals surface area contributed by atoms with Crippen LogP contribution in [0.1, 0.15) is 66.8 Å². The maximum absolute atomic E-state index is 13.2. The van der Waals surface area contributed by atoms with Gasteiger partial charge in [-0.15, -0.1) is 0 Å². The molecule has 0 aliphatic carbocycles. The number of aromatic nitrogens is 3. The third-order valence-corrected chi connectivity index (χ3v) is 7.60. The molecule has 4 amide bonds. The van der Waals surface area contributed by atoms with Gasteiger partial charge < -0.3 is 25.8 Å². The molecule has 4 N–H and O–H groups in total.